The van der Waals surface area contributed by atoms with Crippen LogP contribution in [0.25, 0.3) is 0 Å². The number of rotatable bonds is 5. The largest absolute Gasteiger partial charge is 0.489 e. The van der Waals surface area contributed by atoms with Gasteiger partial charge in [0.15, 0.2) is 0 Å². The molecule has 1 heterocycles. The van der Waals surface area contributed by atoms with Gasteiger partial charge in [-0.3, -0.25) is 4.79 Å². The van der Waals surface area contributed by atoms with E-state index in [2.05, 4.69) is 17.2 Å². The second-order valence-electron chi connectivity index (χ2n) is 5.99. The summed E-state index contributed by atoms with van der Waals surface area (Å²) in [6.07, 6.45) is 4.98. The summed E-state index contributed by atoms with van der Waals surface area (Å²) in [4.78, 5) is 12.4. The second-order valence-corrected chi connectivity index (χ2v) is 5.99. The summed E-state index contributed by atoms with van der Waals surface area (Å²) in [5, 5.41) is 6.39. The van der Waals surface area contributed by atoms with Gasteiger partial charge in [0.2, 0.25) is 5.91 Å². The number of halogens is 1. The molecule has 4 nitrogen and oxygen atoms in total. The van der Waals surface area contributed by atoms with Gasteiger partial charge in [-0.1, -0.05) is 18.7 Å². The lowest BCUT2D eigenvalue weighted by Gasteiger charge is -2.23. The van der Waals surface area contributed by atoms with E-state index < -0.39 is 0 Å². The van der Waals surface area contributed by atoms with Crippen LogP contribution in [0.3, 0.4) is 0 Å². The van der Waals surface area contributed by atoms with Crippen molar-refractivity contribution in [2.45, 2.75) is 19.3 Å². The van der Waals surface area contributed by atoms with Crippen LogP contribution < -0.4 is 15.4 Å². The van der Waals surface area contributed by atoms with Crippen molar-refractivity contribution in [3.8, 4) is 5.75 Å². The van der Waals surface area contributed by atoms with E-state index >= 15 is 0 Å². The van der Waals surface area contributed by atoms with E-state index in [1.54, 1.807) is 6.08 Å². The number of carbonyl (C=O) groups excluding carboxylic acids is 1. The first-order valence-corrected chi connectivity index (χ1v) is 7.59. The zero-order valence-electron chi connectivity index (χ0n) is 12.6. The molecule has 1 saturated carbocycles. The van der Waals surface area contributed by atoms with Crippen molar-refractivity contribution >= 4 is 24.0 Å². The predicted octanol–water partition coefficient (Wildman–Crippen LogP) is 3.00. The van der Waals surface area contributed by atoms with E-state index in [-0.39, 0.29) is 29.6 Å². The predicted molar refractivity (Wildman–Crippen MR) is 90.7 cm³/mol. The minimum atomic E-state index is 0. The maximum atomic E-state index is 12.4. The number of nitrogens with one attached hydrogen (secondary N) is 2. The van der Waals surface area contributed by atoms with Gasteiger partial charge in [-0.05, 0) is 49.9 Å². The first-order valence-electron chi connectivity index (χ1n) is 7.59. The van der Waals surface area contributed by atoms with Crippen molar-refractivity contribution in [1.29, 1.82) is 0 Å². The average molecular weight is 323 g/mol. The Morgan fingerprint density at radius 1 is 1.45 bits per heavy atom. The van der Waals surface area contributed by atoms with Crippen molar-refractivity contribution < 1.29 is 9.53 Å². The Hall–Kier alpha value is -1.52. The third kappa shape index (κ3) is 3.62. The van der Waals surface area contributed by atoms with E-state index in [1.165, 1.54) is 0 Å². The van der Waals surface area contributed by atoms with Crippen molar-refractivity contribution in [3.63, 3.8) is 0 Å². The molecule has 1 saturated heterocycles. The van der Waals surface area contributed by atoms with Gasteiger partial charge in [0, 0.05) is 17.7 Å². The molecule has 1 spiro atoms. The van der Waals surface area contributed by atoms with Gasteiger partial charge in [0.25, 0.3) is 0 Å². The number of piperidine rings is 1. The molecule has 1 amide bonds. The topological polar surface area (TPSA) is 50.4 Å². The fourth-order valence-electron chi connectivity index (χ4n) is 3.24. The van der Waals surface area contributed by atoms with Gasteiger partial charge in [-0.15, -0.1) is 12.4 Å². The highest BCUT2D eigenvalue weighted by Gasteiger charge is 2.57. The van der Waals surface area contributed by atoms with Gasteiger partial charge in [-0.25, -0.2) is 0 Å². The molecule has 22 heavy (non-hydrogen) atoms. The van der Waals surface area contributed by atoms with Crippen LogP contribution in [0.2, 0.25) is 0 Å². The lowest BCUT2D eigenvalue weighted by Crippen LogP contribution is -2.31. The molecule has 120 valence electrons. The molecule has 1 aromatic carbocycles. The number of ether oxygens (including phenoxy) is 1. The van der Waals surface area contributed by atoms with Crippen LogP contribution >= 0.6 is 12.4 Å². The number of hydrogen-bond donors (Lipinski definition) is 2. The van der Waals surface area contributed by atoms with Crippen LogP contribution in [0.15, 0.2) is 36.9 Å². The summed E-state index contributed by atoms with van der Waals surface area (Å²) >= 11 is 0. The molecule has 0 bridgehead atoms. The lowest BCUT2D eigenvalue weighted by molar-refractivity contribution is -0.118. The summed E-state index contributed by atoms with van der Waals surface area (Å²) < 4.78 is 5.49. The van der Waals surface area contributed by atoms with E-state index in [0.717, 1.165) is 43.8 Å². The first kappa shape index (κ1) is 16.8. The molecule has 0 aromatic heterocycles. The number of carbonyl (C=O) groups is 1. The standard InChI is InChI=1S/C17H22N2O2.ClH/c1-2-10-21-14-5-3-4-13(11-14)19-16(20)15-12-17(15)6-8-18-9-7-17;/h2-5,11,15,18H,1,6-10,12H2,(H,19,20);1H. The van der Waals surface area contributed by atoms with Crippen molar-refractivity contribution in [3.05, 3.63) is 36.9 Å². The van der Waals surface area contributed by atoms with Crippen molar-refractivity contribution in [1.82, 2.24) is 5.32 Å². The normalized spacial score (nSPS) is 21.5. The van der Waals surface area contributed by atoms with Gasteiger partial charge in [0.1, 0.15) is 12.4 Å². The van der Waals surface area contributed by atoms with Gasteiger partial charge in [0.05, 0.1) is 0 Å². The van der Waals surface area contributed by atoms with E-state index in [0.29, 0.717) is 6.61 Å². The van der Waals surface area contributed by atoms with Crippen LogP contribution in [0.1, 0.15) is 19.3 Å². The third-order valence-electron chi connectivity index (χ3n) is 4.57. The molecular weight excluding hydrogens is 300 g/mol. The van der Waals surface area contributed by atoms with Gasteiger partial charge < -0.3 is 15.4 Å². The highest BCUT2D eigenvalue weighted by molar-refractivity contribution is 5.95. The molecule has 3 rings (SSSR count). The minimum Gasteiger partial charge on any atom is -0.489 e. The molecule has 1 atom stereocenters. The Bertz CT molecular complexity index is 541. The van der Waals surface area contributed by atoms with Crippen LogP contribution in [0.5, 0.6) is 5.75 Å². The van der Waals surface area contributed by atoms with Gasteiger partial charge in [-0.2, -0.15) is 0 Å². The summed E-state index contributed by atoms with van der Waals surface area (Å²) in [7, 11) is 0. The Labute approximate surface area is 137 Å². The first-order chi connectivity index (χ1) is 10.2. The highest BCUT2D eigenvalue weighted by atomic mass is 35.5. The molecule has 2 N–H and O–H groups in total. The molecule has 5 heteroatoms. The number of hydrogen-bond acceptors (Lipinski definition) is 3. The number of benzene rings is 1. The van der Waals surface area contributed by atoms with Gasteiger partial charge >= 0.3 is 0 Å². The highest BCUT2D eigenvalue weighted by Crippen LogP contribution is 2.58. The van der Waals surface area contributed by atoms with E-state index in [4.69, 9.17) is 4.74 Å². The zero-order valence-corrected chi connectivity index (χ0v) is 13.5. The molecule has 1 aromatic rings. The second kappa shape index (κ2) is 7.16. The Kier molecular flexibility index (Phi) is 5.48. The molecule has 1 aliphatic heterocycles. The average Bonchev–Trinajstić information content (AvgIpc) is 3.20. The fourth-order valence-corrected chi connectivity index (χ4v) is 3.24. The molecule has 1 aliphatic carbocycles. The fraction of sp³-hybridized carbons (Fsp3) is 0.471. The van der Waals surface area contributed by atoms with E-state index in [9.17, 15) is 4.79 Å². The van der Waals surface area contributed by atoms with Crippen molar-refractivity contribution in [2.75, 3.05) is 25.0 Å². The number of amides is 1. The lowest BCUT2D eigenvalue weighted by atomic mass is 9.92. The zero-order chi connectivity index (χ0) is 14.7. The summed E-state index contributed by atoms with van der Waals surface area (Å²) in [5.74, 6) is 1.08. The SMILES string of the molecule is C=CCOc1cccc(NC(=O)C2CC23CCNCC3)c1.Cl. The molecule has 0 radical (unpaired) electrons. The monoisotopic (exact) mass is 322 g/mol. The van der Waals surface area contributed by atoms with Crippen molar-refractivity contribution in [2.24, 2.45) is 11.3 Å². The van der Waals surface area contributed by atoms with Crippen LogP contribution in [-0.2, 0) is 4.79 Å². The van der Waals surface area contributed by atoms with Crippen LogP contribution in [-0.4, -0.2) is 25.6 Å². The summed E-state index contributed by atoms with van der Waals surface area (Å²) in [6, 6.07) is 7.53. The quantitative estimate of drug-likeness (QED) is 0.819. The maximum Gasteiger partial charge on any atom is 0.228 e. The Morgan fingerprint density at radius 2 is 2.23 bits per heavy atom. The minimum absolute atomic E-state index is 0. The number of anilines is 1. The molecule has 2 fully saturated rings. The molecular formula is C17H23ClN2O2. The van der Waals surface area contributed by atoms with E-state index in [1.807, 2.05) is 24.3 Å². The van der Waals surface area contributed by atoms with Crippen LogP contribution in [0, 0.1) is 11.3 Å². The summed E-state index contributed by atoms with van der Waals surface area (Å²) in [6.45, 7) is 6.17. The third-order valence-corrected chi connectivity index (χ3v) is 4.57. The summed E-state index contributed by atoms with van der Waals surface area (Å²) in [5.41, 5.74) is 1.07. The smallest absolute Gasteiger partial charge is 0.228 e. The molecule has 1 unspecified atom stereocenters. The Morgan fingerprint density at radius 3 is 2.95 bits per heavy atom. The molecule has 2 aliphatic rings. The Balaban J connectivity index is 0.00000176. The van der Waals surface area contributed by atoms with Crippen LogP contribution in [0.4, 0.5) is 5.69 Å². The maximum absolute atomic E-state index is 12.4.